The summed E-state index contributed by atoms with van der Waals surface area (Å²) in [6.07, 6.45) is 1.53. The maximum Gasteiger partial charge on any atom is 0.338 e. The number of benzene rings is 1. The van der Waals surface area contributed by atoms with E-state index in [2.05, 4.69) is 15.8 Å². The summed E-state index contributed by atoms with van der Waals surface area (Å²) in [5.41, 5.74) is 4.07. The monoisotopic (exact) mass is 389 g/mol. The summed E-state index contributed by atoms with van der Waals surface area (Å²) in [5.74, 6) is 0.896. The number of esters is 1. The number of hydrazone groups is 1. The average molecular weight is 389 g/mol. The lowest BCUT2D eigenvalue weighted by atomic mass is 10.1. The number of hydrogen-bond acceptors (Lipinski definition) is 6. The van der Waals surface area contributed by atoms with Gasteiger partial charge in [0.2, 0.25) is 0 Å². The summed E-state index contributed by atoms with van der Waals surface area (Å²) in [5, 5.41) is 7.48. The van der Waals surface area contributed by atoms with Crippen molar-refractivity contribution in [3.05, 3.63) is 47.7 Å². The van der Waals surface area contributed by atoms with Gasteiger partial charge in [-0.15, -0.1) is 0 Å². The fourth-order valence-electron chi connectivity index (χ4n) is 2.26. The minimum absolute atomic E-state index is 0.0815. The molecular weight excluding hydrogens is 366 g/mol. The van der Waals surface area contributed by atoms with Crippen molar-refractivity contribution in [2.24, 2.45) is 5.10 Å². The smallest absolute Gasteiger partial charge is 0.338 e. The molecule has 0 aliphatic rings. The highest BCUT2D eigenvalue weighted by Gasteiger charge is 2.08. The van der Waals surface area contributed by atoms with Gasteiger partial charge >= 0.3 is 5.97 Å². The highest BCUT2D eigenvalue weighted by atomic mass is 32.1. The fraction of sp³-hybridized carbons (Fsp3) is 0.316. The molecule has 0 bridgehead atoms. The maximum atomic E-state index is 11.7. The van der Waals surface area contributed by atoms with Gasteiger partial charge in [0.1, 0.15) is 11.5 Å². The number of ether oxygens (including phenoxy) is 2. The molecule has 0 fully saturated rings. The number of rotatable bonds is 8. The number of hydrogen-bond donors (Lipinski definition) is 2. The largest absolute Gasteiger partial charge is 0.462 e. The zero-order chi connectivity index (χ0) is 19.6. The summed E-state index contributed by atoms with van der Waals surface area (Å²) in [6.45, 7) is 4.62. The van der Waals surface area contributed by atoms with E-state index in [0.29, 0.717) is 35.4 Å². The molecular formula is C19H23N3O4S. The third-order valence-electron chi connectivity index (χ3n) is 3.46. The number of thiocarbonyl (C=S) groups is 1. The number of nitrogens with zero attached hydrogens (tertiary/aromatic N) is 1. The first-order chi connectivity index (χ1) is 13.0. The molecule has 2 N–H and O–H groups in total. The van der Waals surface area contributed by atoms with Gasteiger partial charge in [-0.2, -0.15) is 5.10 Å². The van der Waals surface area contributed by atoms with E-state index in [9.17, 15) is 4.79 Å². The fourth-order valence-corrected chi connectivity index (χ4v) is 2.52. The van der Waals surface area contributed by atoms with Crippen LogP contribution in [0.2, 0.25) is 0 Å². The highest BCUT2D eigenvalue weighted by Crippen LogP contribution is 2.22. The molecule has 1 aromatic heterocycles. The van der Waals surface area contributed by atoms with E-state index in [0.717, 1.165) is 5.56 Å². The molecule has 2 rings (SSSR count). The van der Waals surface area contributed by atoms with E-state index in [1.165, 1.54) is 6.21 Å². The SMILES string of the molecule is CCOC(=O)c1ccc(-c2ccc(/C=N\NC(=S)N[C@@H](C)COC)o2)cc1. The Kier molecular flexibility index (Phi) is 7.97. The lowest BCUT2D eigenvalue weighted by Crippen LogP contribution is -2.40. The normalized spacial score (nSPS) is 12.0. The molecule has 27 heavy (non-hydrogen) atoms. The minimum Gasteiger partial charge on any atom is -0.462 e. The predicted molar refractivity (Wildman–Crippen MR) is 108 cm³/mol. The van der Waals surface area contributed by atoms with Gasteiger partial charge in [-0.05, 0) is 50.3 Å². The zero-order valence-electron chi connectivity index (χ0n) is 15.5. The van der Waals surface area contributed by atoms with Crippen LogP contribution in [-0.2, 0) is 9.47 Å². The standard InChI is InChI=1S/C19H23N3O4S/c1-4-25-18(23)15-7-5-14(6-8-15)17-10-9-16(26-17)11-20-22-19(27)21-13(2)12-24-3/h5-11,13H,4,12H2,1-3H3,(H2,21,22,27)/b20-11-/t13-/m0/s1. The predicted octanol–water partition coefficient (Wildman–Crippen LogP) is 2.96. The Labute approximate surface area is 163 Å². The van der Waals surface area contributed by atoms with Crippen LogP contribution < -0.4 is 10.7 Å². The molecule has 2 aromatic rings. The molecule has 144 valence electrons. The van der Waals surface area contributed by atoms with Gasteiger partial charge in [-0.3, -0.25) is 5.43 Å². The van der Waals surface area contributed by atoms with E-state index >= 15 is 0 Å². The molecule has 0 amide bonds. The first kappa shape index (κ1) is 20.6. The number of furan rings is 1. The second kappa shape index (κ2) is 10.4. The van der Waals surface area contributed by atoms with Crippen LogP contribution in [0.4, 0.5) is 0 Å². The van der Waals surface area contributed by atoms with Gasteiger partial charge in [0, 0.05) is 18.7 Å². The molecule has 1 atom stereocenters. The van der Waals surface area contributed by atoms with E-state index in [1.54, 1.807) is 44.4 Å². The highest BCUT2D eigenvalue weighted by molar-refractivity contribution is 7.80. The number of nitrogens with one attached hydrogen (secondary N) is 2. The molecule has 0 saturated heterocycles. The van der Waals surface area contributed by atoms with E-state index in [-0.39, 0.29) is 12.0 Å². The van der Waals surface area contributed by atoms with E-state index in [1.807, 2.05) is 13.0 Å². The molecule has 0 aliphatic carbocycles. The second-order valence-corrected chi connectivity index (χ2v) is 6.11. The Bertz CT molecular complexity index is 787. The lowest BCUT2D eigenvalue weighted by Gasteiger charge is -2.13. The molecule has 0 spiro atoms. The van der Waals surface area contributed by atoms with Crippen LogP contribution in [0.3, 0.4) is 0 Å². The van der Waals surface area contributed by atoms with Crippen molar-refractivity contribution < 1.29 is 18.7 Å². The van der Waals surface area contributed by atoms with Gasteiger partial charge in [0.05, 0.1) is 25.0 Å². The maximum absolute atomic E-state index is 11.7. The Balaban J connectivity index is 1.92. The lowest BCUT2D eigenvalue weighted by molar-refractivity contribution is 0.0526. The van der Waals surface area contributed by atoms with Crippen LogP contribution in [0.25, 0.3) is 11.3 Å². The van der Waals surface area contributed by atoms with E-state index in [4.69, 9.17) is 26.1 Å². The van der Waals surface area contributed by atoms with Crippen molar-refractivity contribution in [2.45, 2.75) is 19.9 Å². The second-order valence-electron chi connectivity index (χ2n) is 5.70. The van der Waals surface area contributed by atoms with Crippen LogP contribution in [0, 0.1) is 0 Å². The van der Waals surface area contributed by atoms with Gasteiger partial charge in [0.15, 0.2) is 5.11 Å². The van der Waals surface area contributed by atoms with Crippen molar-refractivity contribution in [1.82, 2.24) is 10.7 Å². The molecule has 0 aliphatic heterocycles. The average Bonchev–Trinajstić information content (AvgIpc) is 3.11. The van der Waals surface area contributed by atoms with Crippen molar-refractivity contribution in [3.63, 3.8) is 0 Å². The Hall–Kier alpha value is -2.71. The molecule has 0 unspecified atom stereocenters. The van der Waals surface area contributed by atoms with Crippen molar-refractivity contribution in [1.29, 1.82) is 0 Å². The first-order valence-electron chi connectivity index (χ1n) is 8.49. The van der Waals surface area contributed by atoms with Crippen molar-refractivity contribution >= 4 is 29.5 Å². The van der Waals surface area contributed by atoms with Crippen LogP contribution in [-0.4, -0.2) is 43.7 Å². The number of carbonyl (C=O) groups excluding carboxylic acids is 1. The van der Waals surface area contributed by atoms with E-state index < -0.39 is 0 Å². The van der Waals surface area contributed by atoms with Gasteiger partial charge in [0.25, 0.3) is 0 Å². The van der Waals surface area contributed by atoms with Gasteiger partial charge in [-0.25, -0.2) is 4.79 Å². The summed E-state index contributed by atoms with van der Waals surface area (Å²) in [4.78, 5) is 11.7. The topological polar surface area (TPSA) is 85.1 Å². The Morgan fingerprint density at radius 3 is 2.70 bits per heavy atom. The number of methoxy groups -OCH3 is 1. The molecule has 7 nitrogen and oxygen atoms in total. The zero-order valence-corrected chi connectivity index (χ0v) is 16.3. The van der Waals surface area contributed by atoms with Crippen molar-refractivity contribution in [3.8, 4) is 11.3 Å². The summed E-state index contributed by atoms with van der Waals surface area (Å²) < 4.78 is 15.7. The van der Waals surface area contributed by atoms with Gasteiger partial charge in [-0.1, -0.05) is 12.1 Å². The third kappa shape index (κ3) is 6.50. The molecule has 1 heterocycles. The van der Waals surface area contributed by atoms with Crippen LogP contribution >= 0.6 is 12.2 Å². The summed E-state index contributed by atoms with van der Waals surface area (Å²) >= 11 is 5.13. The first-order valence-corrected chi connectivity index (χ1v) is 8.90. The van der Waals surface area contributed by atoms with Crippen LogP contribution in [0.5, 0.6) is 0 Å². The summed E-state index contributed by atoms with van der Waals surface area (Å²) in [6, 6.07) is 10.7. The molecule has 1 aromatic carbocycles. The van der Waals surface area contributed by atoms with Gasteiger partial charge < -0.3 is 19.2 Å². The summed E-state index contributed by atoms with van der Waals surface area (Å²) in [7, 11) is 1.63. The molecule has 8 heteroatoms. The Morgan fingerprint density at radius 2 is 2.04 bits per heavy atom. The Morgan fingerprint density at radius 1 is 1.30 bits per heavy atom. The molecule has 0 radical (unpaired) electrons. The molecule has 0 saturated carbocycles. The minimum atomic E-state index is -0.341. The third-order valence-corrected chi connectivity index (χ3v) is 3.67. The van der Waals surface area contributed by atoms with Crippen LogP contribution in [0.15, 0.2) is 45.9 Å². The van der Waals surface area contributed by atoms with Crippen LogP contribution in [0.1, 0.15) is 30.0 Å². The quantitative estimate of drug-likeness (QED) is 0.311. The van der Waals surface area contributed by atoms with Crippen molar-refractivity contribution in [2.75, 3.05) is 20.3 Å². The number of carbonyl (C=O) groups is 1.